The molecule has 0 fully saturated rings. The molecule has 1 heterocycles. The maximum atomic E-state index is 4.55. The van der Waals surface area contributed by atoms with Gasteiger partial charge < -0.3 is 5.32 Å². The molecule has 0 saturated heterocycles. The highest BCUT2D eigenvalue weighted by molar-refractivity contribution is 5.80. The van der Waals surface area contributed by atoms with Crippen LogP contribution in [0.15, 0.2) is 36.4 Å². The zero-order chi connectivity index (χ0) is 10.9. The highest BCUT2D eigenvalue weighted by Gasteiger charge is 2.09. The number of hydrogen-bond acceptors (Lipinski definition) is 2. The predicted molar refractivity (Wildman–Crippen MR) is 71.8 cm³/mol. The second-order valence-corrected chi connectivity index (χ2v) is 4.76. The lowest BCUT2D eigenvalue weighted by Crippen LogP contribution is -2.26. The molecule has 0 saturated carbocycles. The third-order valence-corrected chi connectivity index (χ3v) is 2.10. The zero-order valence-electron chi connectivity index (χ0n) is 9.41. The molecule has 0 aliphatic heterocycles. The van der Waals surface area contributed by atoms with E-state index in [0.717, 1.165) is 11.3 Å². The van der Waals surface area contributed by atoms with Gasteiger partial charge in [-0.1, -0.05) is 25.6 Å². The molecule has 0 atom stereocenters. The largest absolute Gasteiger partial charge is 0.365 e. The lowest BCUT2D eigenvalue weighted by atomic mass is 10.1. The number of para-hydroxylation sites is 1. The van der Waals surface area contributed by atoms with Crippen molar-refractivity contribution in [2.75, 3.05) is 5.32 Å². The Bertz CT molecular complexity index is 469. The van der Waals surface area contributed by atoms with Crippen LogP contribution in [0.1, 0.15) is 28.2 Å². The summed E-state index contributed by atoms with van der Waals surface area (Å²) in [6.07, 6.45) is 0. The third kappa shape index (κ3) is 2.96. The minimum Gasteiger partial charge on any atom is -0.365 e. The van der Waals surface area contributed by atoms with Gasteiger partial charge in [0.05, 0.1) is 5.52 Å². The monoisotopic (exact) mass is 216 g/mol. The number of benzene rings is 1. The van der Waals surface area contributed by atoms with E-state index >= 15 is 0 Å². The SMILES string of the molecule is C.CC(C)(C)Nc1ccc2ccccc2n1. The summed E-state index contributed by atoms with van der Waals surface area (Å²) < 4.78 is 0. The molecular weight excluding hydrogens is 196 g/mol. The van der Waals surface area contributed by atoms with Crippen molar-refractivity contribution in [3.63, 3.8) is 0 Å². The quantitative estimate of drug-likeness (QED) is 0.777. The first-order chi connectivity index (χ1) is 7.04. The molecule has 0 radical (unpaired) electrons. The van der Waals surface area contributed by atoms with E-state index in [1.165, 1.54) is 5.39 Å². The smallest absolute Gasteiger partial charge is 0.127 e. The molecule has 16 heavy (non-hydrogen) atoms. The van der Waals surface area contributed by atoms with Crippen molar-refractivity contribution in [3.05, 3.63) is 36.4 Å². The maximum Gasteiger partial charge on any atom is 0.127 e. The van der Waals surface area contributed by atoms with E-state index in [9.17, 15) is 0 Å². The number of nitrogens with one attached hydrogen (secondary N) is 1. The van der Waals surface area contributed by atoms with Crippen LogP contribution in [-0.2, 0) is 0 Å². The zero-order valence-corrected chi connectivity index (χ0v) is 9.41. The van der Waals surface area contributed by atoms with Crippen molar-refractivity contribution in [1.82, 2.24) is 4.98 Å². The first-order valence-corrected chi connectivity index (χ1v) is 5.19. The van der Waals surface area contributed by atoms with Crippen LogP contribution in [0.4, 0.5) is 5.82 Å². The molecular formula is C14H20N2. The Hall–Kier alpha value is -1.57. The summed E-state index contributed by atoms with van der Waals surface area (Å²) >= 11 is 0. The molecule has 0 aliphatic carbocycles. The second-order valence-electron chi connectivity index (χ2n) is 4.76. The summed E-state index contributed by atoms with van der Waals surface area (Å²) in [6, 6.07) is 12.3. The molecule has 0 aliphatic rings. The first-order valence-electron chi connectivity index (χ1n) is 5.19. The van der Waals surface area contributed by atoms with Crippen molar-refractivity contribution in [2.24, 2.45) is 0 Å². The van der Waals surface area contributed by atoms with Crippen molar-refractivity contribution in [3.8, 4) is 0 Å². The molecule has 86 valence electrons. The molecule has 1 N–H and O–H groups in total. The van der Waals surface area contributed by atoms with E-state index in [4.69, 9.17) is 0 Å². The average molecular weight is 216 g/mol. The number of pyridine rings is 1. The van der Waals surface area contributed by atoms with Gasteiger partial charge in [-0.05, 0) is 39.0 Å². The molecule has 1 aromatic heterocycles. The number of hydrogen-bond donors (Lipinski definition) is 1. The number of fused-ring (bicyclic) bond motifs is 1. The van der Waals surface area contributed by atoms with E-state index in [0.29, 0.717) is 0 Å². The van der Waals surface area contributed by atoms with Gasteiger partial charge in [0, 0.05) is 10.9 Å². The second kappa shape index (κ2) is 4.52. The summed E-state index contributed by atoms with van der Waals surface area (Å²) in [7, 11) is 0. The van der Waals surface area contributed by atoms with Crippen LogP contribution in [-0.4, -0.2) is 10.5 Å². The van der Waals surface area contributed by atoms with Crippen molar-refractivity contribution >= 4 is 16.7 Å². The fourth-order valence-electron chi connectivity index (χ4n) is 1.52. The van der Waals surface area contributed by atoms with Gasteiger partial charge in [-0.25, -0.2) is 4.98 Å². The standard InChI is InChI=1S/C13H16N2.CH4/c1-13(2,3)15-12-9-8-10-6-4-5-7-11(10)14-12;/h4-9H,1-3H3,(H,14,15);1H4. The first kappa shape index (κ1) is 12.5. The molecule has 0 unspecified atom stereocenters. The van der Waals surface area contributed by atoms with Crippen LogP contribution in [0.3, 0.4) is 0 Å². The highest BCUT2D eigenvalue weighted by atomic mass is 15.0. The fraction of sp³-hybridized carbons (Fsp3) is 0.357. The van der Waals surface area contributed by atoms with Gasteiger partial charge in [0.15, 0.2) is 0 Å². The van der Waals surface area contributed by atoms with Crippen molar-refractivity contribution < 1.29 is 0 Å². The van der Waals surface area contributed by atoms with Gasteiger partial charge in [0.2, 0.25) is 0 Å². The lowest BCUT2D eigenvalue weighted by molar-refractivity contribution is 0.631. The summed E-state index contributed by atoms with van der Waals surface area (Å²) in [4.78, 5) is 4.55. The van der Waals surface area contributed by atoms with E-state index in [-0.39, 0.29) is 13.0 Å². The minimum atomic E-state index is 0. The van der Waals surface area contributed by atoms with E-state index in [1.54, 1.807) is 0 Å². The molecule has 2 heteroatoms. The number of rotatable bonds is 1. The van der Waals surface area contributed by atoms with Gasteiger partial charge in [0.25, 0.3) is 0 Å². The third-order valence-electron chi connectivity index (χ3n) is 2.10. The summed E-state index contributed by atoms with van der Waals surface area (Å²) in [5.41, 5.74) is 1.09. The molecule has 0 bridgehead atoms. The minimum absolute atomic E-state index is 0. The van der Waals surface area contributed by atoms with Crippen LogP contribution < -0.4 is 5.32 Å². The Morgan fingerprint density at radius 2 is 1.69 bits per heavy atom. The predicted octanol–water partition coefficient (Wildman–Crippen LogP) is 4.08. The van der Waals surface area contributed by atoms with E-state index in [2.05, 4.69) is 43.2 Å². The fourth-order valence-corrected chi connectivity index (χ4v) is 1.52. The van der Waals surface area contributed by atoms with E-state index in [1.807, 2.05) is 24.3 Å². The molecule has 2 nitrogen and oxygen atoms in total. The normalized spacial score (nSPS) is 10.9. The summed E-state index contributed by atoms with van der Waals surface area (Å²) in [5, 5.41) is 4.54. The Kier molecular flexibility index (Phi) is 3.53. The molecule has 2 rings (SSSR count). The molecule has 0 spiro atoms. The van der Waals surface area contributed by atoms with Crippen LogP contribution >= 0.6 is 0 Å². The number of aromatic nitrogens is 1. The van der Waals surface area contributed by atoms with Crippen molar-refractivity contribution in [2.45, 2.75) is 33.7 Å². The van der Waals surface area contributed by atoms with Crippen molar-refractivity contribution in [1.29, 1.82) is 0 Å². The number of nitrogens with zero attached hydrogens (tertiary/aromatic N) is 1. The Morgan fingerprint density at radius 1 is 1.00 bits per heavy atom. The highest BCUT2D eigenvalue weighted by Crippen LogP contribution is 2.17. The van der Waals surface area contributed by atoms with Crippen LogP contribution in [0.2, 0.25) is 0 Å². The summed E-state index contributed by atoms with van der Waals surface area (Å²) in [5.74, 6) is 0.932. The number of anilines is 1. The summed E-state index contributed by atoms with van der Waals surface area (Å²) in [6.45, 7) is 6.39. The van der Waals surface area contributed by atoms with Gasteiger partial charge in [0.1, 0.15) is 5.82 Å². The van der Waals surface area contributed by atoms with Gasteiger partial charge in [-0.3, -0.25) is 0 Å². The molecule has 0 amide bonds. The van der Waals surface area contributed by atoms with Crippen LogP contribution in [0.5, 0.6) is 0 Å². The van der Waals surface area contributed by atoms with Crippen LogP contribution in [0.25, 0.3) is 10.9 Å². The Balaban J connectivity index is 0.00000128. The van der Waals surface area contributed by atoms with E-state index < -0.39 is 0 Å². The van der Waals surface area contributed by atoms with Crippen LogP contribution in [0, 0.1) is 0 Å². The Labute approximate surface area is 97.7 Å². The maximum absolute atomic E-state index is 4.55. The Morgan fingerprint density at radius 3 is 2.38 bits per heavy atom. The van der Waals surface area contributed by atoms with Gasteiger partial charge in [-0.2, -0.15) is 0 Å². The average Bonchev–Trinajstić information content (AvgIpc) is 2.15. The molecule has 1 aromatic carbocycles. The van der Waals surface area contributed by atoms with Gasteiger partial charge >= 0.3 is 0 Å². The van der Waals surface area contributed by atoms with Gasteiger partial charge in [-0.15, -0.1) is 0 Å². The topological polar surface area (TPSA) is 24.9 Å². The molecule has 2 aromatic rings. The lowest BCUT2D eigenvalue weighted by Gasteiger charge is -2.21.